The van der Waals surface area contributed by atoms with Gasteiger partial charge in [0, 0.05) is 6.42 Å². The number of fused-ring (bicyclic) bond motifs is 1. The summed E-state index contributed by atoms with van der Waals surface area (Å²) in [5.74, 6) is 0.350. The van der Waals surface area contributed by atoms with Gasteiger partial charge in [-0.2, -0.15) is 0 Å². The normalized spacial score (nSPS) is 32.7. The summed E-state index contributed by atoms with van der Waals surface area (Å²) in [6.07, 6.45) is 1.78. The summed E-state index contributed by atoms with van der Waals surface area (Å²) < 4.78 is -0.549. The van der Waals surface area contributed by atoms with Gasteiger partial charge in [0.1, 0.15) is 3.61 Å². The second-order valence-electron chi connectivity index (χ2n) is 3.87. The van der Waals surface area contributed by atoms with E-state index in [1.807, 2.05) is 6.07 Å². The molecule has 1 N–H and O–H groups in total. The summed E-state index contributed by atoms with van der Waals surface area (Å²) in [6.45, 7) is 2.11. The number of rotatable bonds is 0. The zero-order valence-corrected chi connectivity index (χ0v) is 9.78. The molecule has 2 heteroatoms. The van der Waals surface area contributed by atoms with Crippen LogP contribution in [0.3, 0.4) is 0 Å². The average Bonchev–Trinajstić information content (AvgIpc) is 2.06. The first kappa shape index (κ1) is 9.46. The van der Waals surface area contributed by atoms with E-state index in [-0.39, 0.29) is 0 Å². The van der Waals surface area contributed by atoms with Crippen molar-refractivity contribution in [3.8, 4) is 0 Å². The van der Waals surface area contributed by atoms with Crippen LogP contribution in [0.25, 0.3) is 0 Å². The average molecular weight is 288 g/mol. The van der Waals surface area contributed by atoms with Crippen LogP contribution in [0, 0.1) is 5.92 Å². The zero-order valence-electron chi connectivity index (χ0n) is 7.63. The van der Waals surface area contributed by atoms with Gasteiger partial charge in [-0.1, -0.05) is 31.2 Å². The number of alkyl halides is 1. The lowest BCUT2D eigenvalue weighted by molar-refractivity contribution is 0.0909. The summed E-state index contributed by atoms with van der Waals surface area (Å²) in [5, 5.41) is 10.1. The van der Waals surface area contributed by atoms with E-state index in [2.05, 4.69) is 47.7 Å². The molecule has 0 radical (unpaired) electrons. The van der Waals surface area contributed by atoms with Crippen molar-refractivity contribution in [2.45, 2.75) is 23.4 Å². The molecule has 0 spiro atoms. The largest absolute Gasteiger partial charge is 0.379 e. The lowest BCUT2D eigenvalue weighted by atomic mass is 9.83. The van der Waals surface area contributed by atoms with Gasteiger partial charge < -0.3 is 5.11 Å². The molecule has 0 bridgehead atoms. The Hall–Kier alpha value is -0.0900. The second kappa shape index (κ2) is 3.24. The molecule has 0 aliphatic heterocycles. The number of hydrogen-bond acceptors (Lipinski definition) is 1. The lowest BCUT2D eigenvalue weighted by Gasteiger charge is -2.34. The first-order valence-corrected chi connectivity index (χ1v) is 5.65. The van der Waals surface area contributed by atoms with Crippen molar-refractivity contribution in [1.82, 2.24) is 0 Å². The molecule has 1 aliphatic rings. The van der Waals surface area contributed by atoms with Crippen molar-refractivity contribution in [2.24, 2.45) is 5.92 Å². The molecule has 2 unspecified atom stereocenters. The van der Waals surface area contributed by atoms with E-state index >= 15 is 0 Å². The first-order valence-electron chi connectivity index (χ1n) is 4.57. The van der Waals surface area contributed by atoms with Gasteiger partial charge in [-0.25, -0.2) is 0 Å². The van der Waals surface area contributed by atoms with E-state index in [4.69, 9.17) is 0 Å². The van der Waals surface area contributed by atoms with Crippen LogP contribution in [0.1, 0.15) is 18.1 Å². The molecule has 70 valence electrons. The van der Waals surface area contributed by atoms with Crippen molar-refractivity contribution in [3.05, 3.63) is 35.4 Å². The number of hydrogen-bond donors (Lipinski definition) is 1. The molecule has 0 heterocycles. The highest BCUT2D eigenvalue weighted by molar-refractivity contribution is 14.1. The summed E-state index contributed by atoms with van der Waals surface area (Å²) in [5.41, 5.74) is 2.70. The van der Waals surface area contributed by atoms with Crippen molar-refractivity contribution in [2.75, 3.05) is 0 Å². The summed E-state index contributed by atoms with van der Waals surface area (Å²) in [7, 11) is 0. The van der Waals surface area contributed by atoms with Crippen LogP contribution >= 0.6 is 22.6 Å². The maximum Gasteiger partial charge on any atom is 0.122 e. The minimum atomic E-state index is -0.549. The van der Waals surface area contributed by atoms with Crippen LogP contribution in [0.4, 0.5) is 0 Å². The zero-order chi connectivity index (χ0) is 9.47. The number of benzene rings is 1. The Morgan fingerprint density at radius 1 is 1.38 bits per heavy atom. The summed E-state index contributed by atoms with van der Waals surface area (Å²) in [6, 6.07) is 8.40. The molecule has 0 saturated carbocycles. The van der Waals surface area contributed by atoms with Crippen LogP contribution in [-0.4, -0.2) is 8.71 Å². The highest BCUT2D eigenvalue weighted by Gasteiger charge is 2.35. The molecular weight excluding hydrogens is 275 g/mol. The molecule has 1 aromatic carbocycles. The van der Waals surface area contributed by atoms with Crippen molar-refractivity contribution < 1.29 is 5.11 Å². The SMILES string of the molecule is CC1Cc2ccccc2CC1(O)I. The topological polar surface area (TPSA) is 20.2 Å². The molecule has 1 aromatic rings. The Labute approximate surface area is 92.3 Å². The van der Waals surface area contributed by atoms with Crippen LogP contribution in [0.5, 0.6) is 0 Å². The molecule has 0 amide bonds. The van der Waals surface area contributed by atoms with Crippen LogP contribution in [0.2, 0.25) is 0 Å². The van der Waals surface area contributed by atoms with Crippen molar-refractivity contribution >= 4 is 22.6 Å². The van der Waals surface area contributed by atoms with Gasteiger partial charge in [0.2, 0.25) is 0 Å². The van der Waals surface area contributed by atoms with Crippen LogP contribution in [0.15, 0.2) is 24.3 Å². The van der Waals surface area contributed by atoms with E-state index in [0.717, 1.165) is 12.8 Å². The van der Waals surface area contributed by atoms with Gasteiger partial charge in [0.05, 0.1) is 0 Å². The molecule has 1 nitrogen and oxygen atoms in total. The lowest BCUT2D eigenvalue weighted by Crippen LogP contribution is -2.37. The van der Waals surface area contributed by atoms with Crippen molar-refractivity contribution in [1.29, 1.82) is 0 Å². The highest BCUT2D eigenvalue weighted by Crippen LogP contribution is 2.37. The monoisotopic (exact) mass is 288 g/mol. The fraction of sp³-hybridized carbons (Fsp3) is 0.455. The first-order chi connectivity index (χ1) is 6.09. The second-order valence-corrected chi connectivity index (χ2v) is 5.74. The standard InChI is InChI=1S/C11H13IO/c1-8-6-9-4-2-3-5-10(9)7-11(8,12)13/h2-5,8,13H,6-7H2,1H3. The quantitative estimate of drug-likeness (QED) is 0.574. The molecule has 0 saturated heterocycles. The molecule has 0 fully saturated rings. The number of halogens is 1. The predicted octanol–water partition coefficient (Wildman–Crippen LogP) is 2.54. The number of aliphatic hydroxyl groups is 1. The van der Waals surface area contributed by atoms with E-state index < -0.39 is 3.61 Å². The van der Waals surface area contributed by atoms with E-state index in [9.17, 15) is 5.11 Å². The Balaban J connectivity index is 2.39. The molecule has 13 heavy (non-hydrogen) atoms. The molecule has 2 atom stereocenters. The van der Waals surface area contributed by atoms with E-state index in [0.29, 0.717) is 5.92 Å². The van der Waals surface area contributed by atoms with Gasteiger partial charge >= 0.3 is 0 Å². The Bertz CT molecular complexity index is 320. The Kier molecular flexibility index (Phi) is 2.36. The third-order valence-corrected chi connectivity index (χ3v) is 4.28. The van der Waals surface area contributed by atoms with Crippen molar-refractivity contribution in [3.63, 3.8) is 0 Å². The fourth-order valence-corrected chi connectivity index (χ4v) is 2.49. The van der Waals surface area contributed by atoms with Gasteiger partial charge in [0.15, 0.2) is 0 Å². The maximum atomic E-state index is 10.1. The van der Waals surface area contributed by atoms with Crippen LogP contribution < -0.4 is 0 Å². The fourth-order valence-electron chi connectivity index (χ4n) is 1.86. The molecule has 0 aromatic heterocycles. The van der Waals surface area contributed by atoms with Crippen LogP contribution in [-0.2, 0) is 12.8 Å². The van der Waals surface area contributed by atoms with Gasteiger partial charge in [0.25, 0.3) is 0 Å². The third-order valence-electron chi connectivity index (χ3n) is 2.84. The highest BCUT2D eigenvalue weighted by atomic mass is 127. The maximum absolute atomic E-state index is 10.1. The minimum Gasteiger partial charge on any atom is -0.379 e. The minimum absolute atomic E-state index is 0.350. The summed E-state index contributed by atoms with van der Waals surface area (Å²) in [4.78, 5) is 0. The van der Waals surface area contributed by atoms with E-state index in [1.54, 1.807) is 0 Å². The van der Waals surface area contributed by atoms with Gasteiger partial charge in [-0.3, -0.25) is 0 Å². The molecule has 1 aliphatic carbocycles. The summed E-state index contributed by atoms with van der Waals surface area (Å²) >= 11 is 2.17. The van der Waals surface area contributed by atoms with E-state index in [1.165, 1.54) is 11.1 Å². The van der Waals surface area contributed by atoms with Gasteiger partial charge in [-0.15, -0.1) is 0 Å². The third kappa shape index (κ3) is 1.74. The molecule has 2 rings (SSSR count). The Morgan fingerprint density at radius 3 is 2.69 bits per heavy atom. The molecular formula is C11H13IO. The van der Waals surface area contributed by atoms with Gasteiger partial charge in [-0.05, 0) is 46.1 Å². The predicted molar refractivity (Wildman–Crippen MR) is 62.0 cm³/mol. The smallest absolute Gasteiger partial charge is 0.122 e. The Morgan fingerprint density at radius 2 is 2.00 bits per heavy atom.